The summed E-state index contributed by atoms with van der Waals surface area (Å²) in [4.78, 5) is 14.7. The van der Waals surface area contributed by atoms with E-state index in [-0.39, 0.29) is 18.1 Å². The highest BCUT2D eigenvalue weighted by Crippen LogP contribution is 2.30. The predicted octanol–water partition coefficient (Wildman–Crippen LogP) is 3.10. The summed E-state index contributed by atoms with van der Waals surface area (Å²) in [7, 11) is 0. The number of benzene rings is 1. The molecule has 2 aliphatic heterocycles. The van der Waals surface area contributed by atoms with Crippen molar-refractivity contribution in [3.8, 4) is 0 Å². The van der Waals surface area contributed by atoms with Crippen molar-refractivity contribution in [3.63, 3.8) is 0 Å². The number of carbonyl (C=O) groups is 1. The van der Waals surface area contributed by atoms with Crippen LogP contribution in [-0.2, 0) is 4.74 Å². The molecular formula is C20H30N2O3. The average Bonchev–Trinajstić information content (AvgIpc) is 3.26. The molecule has 0 aromatic heterocycles. The fourth-order valence-electron chi connectivity index (χ4n) is 4.04. The molecule has 0 bridgehead atoms. The number of nitrogens with one attached hydrogen (secondary N) is 1. The second kappa shape index (κ2) is 7.75. The highest BCUT2D eigenvalue weighted by molar-refractivity contribution is 5.75. The molecule has 1 aromatic rings. The zero-order valence-electron chi connectivity index (χ0n) is 15.3. The van der Waals surface area contributed by atoms with E-state index in [0.29, 0.717) is 12.5 Å². The molecule has 2 N–H and O–H groups in total. The number of hydrogen-bond donors (Lipinski definition) is 2. The molecule has 138 valence electrons. The van der Waals surface area contributed by atoms with E-state index < -0.39 is 5.60 Å². The first kappa shape index (κ1) is 18.2. The van der Waals surface area contributed by atoms with Crippen LogP contribution in [0.15, 0.2) is 30.3 Å². The van der Waals surface area contributed by atoms with Gasteiger partial charge in [0.15, 0.2) is 0 Å². The summed E-state index contributed by atoms with van der Waals surface area (Å²) in [5, 5.41) is 13.6. The van der Waals surface area contributed by atoms with Gasteiger partial charge in [-0.25, -0.2) is 4.79 Å². The normalized spacial score (nSPS) is 25.2. The molecular weight excluding hydrogens is 316 g/mol. The molecule has 0 radical (unpaired) electrons. The van der Waals surface area contributed by atoms with Crippen molar-refractivity contribution in [1.29, 1.82) is 0 Å². The number of hydrogen-bond acceptors (Lipinski definition) is 3. The van der Waals surface area contributed by atoms with Gasteiger partial charge in [0.05, 0.1) is 17.7 Å². The van der Waals surface area contributed by atoms with E-state index in [1.54, 1.807) is 18.7 Å². The molecule has 1 aromatic carbocycles. The first-order valence-electron chi connectivity index (χ1n) is 9.37. The fourth-order valence-corrected chi connectivity index (χ4v) is 4.04. The minimum Gasteiger partial charge on any atom is -0.388 e. The Morgan fingerprint density at radius 2 is 2.12 bits per heavy atom. The van der Waals surface area contributed by atoms with Crippen LogP contribution in [0.2, 0.25) is 0 Å². The number of urea groups is 1. The molecule has 5 nitrogen and oxygen atoms in total. The van der Waals surface area contributed by atoms with Crippen molar-refractivity contribution < 1.29 is 14.6 Å². The summed E-state index contributed by atoms with van der Waals surface area (Å²) >= 11 is 0. The van der Waals surface area contributed by atoms with Crippen LogP contribution in [0.5, 0.6) is 0 Å². The molecule has 0 spiro atoms. The van der Waals surface area contributed by atoms with Crippen LogP contribution >= 0.6 is 0 Å². The van der Waals surface area contributed by atoms with Gasteiger partial charge in [-0.2, -0.15) is 0 Å². The van der Waals surface area contributed by atoms with Crippen molar-refractivity contribution in [3.05, 3.63) is 35.9 Å². The van der Waals surface area contributed by atoms with Gasteiger partial charge < -0.3 is 20.1 Å². The molecule has 25 heavy (non-hydrogen) atoms. The molecule has 2 heterocycles. The Hall–Kier alpha value is -1.59. The van der Waals surface area contributed by atoms with E-state index in [4.69, 9.17) is 4.74 Å². The Morgan fingerprint density at radius 1 is 1.36 bits per heavy atom. The molecule has 3 atom stereocenters. The van der Waals surface area contributed by atoms with E-state index in [1.807, 2.05) is 18.2 Å². The van der Waals surface area contributed by atoms with E-state index in [9.17, 15) is 9.90 Å². The lowest BCUT2D eigenvalue weighted by atomic mass is 9.94. The Labute approximate surface area is 150 Å². The smallest absolute Gasteiger partial charge is 0.318 e. The second-order valence-corrected chi connectivity index (χ2v) is 7.88. The van der Waals surface area contributed by atoms with Crippen LogP contribution in [0, 0.1) is 5.92 Å². The maximum atomic E-state index is 12.9. The number of aliphatic hydroxyl groups is 1. The van der Waals surface area contributed by atoms with Gasteiger partial charge in [0.25, 0.3) is 0 Å². The van der Waals surface area contributed by atoms with Gasteiger partial charge in [-0.05, 0) is 51.0 Å². The standard InChI is InChI=1S/C20H30N2O3/c1-20(2,24)18-9-6-11-22(18)19(23)21-17(13-15-10-12-25-14-15)16-7-4-3-5-8-16/h3-5,7-8,15,17-18,24H,6,9-14H2,1-2H3,(H,21,23)/t15-,17-,18-/m0/s1. The van der Waals surface area contributed by atoms with Gasteiger partial charge in [-0.3, -0.25) is 0 Å². The Kier molecular flexibility index (Phi) is 5.64. The molecule has 0 unspecified atom stereocenters. The summed E-state index contributed by atoms with van der Waals surface area (Å²) in [5.41, 5.74) is 0.247. The number of carbonyl (C=O) groups excluding carboxylic acids is 1. The van der Waals surface area contributed by atoms with E-state index in [1.165, 1.54) is 0 Å². The summed E-state index contributed by atoms with van der Waals surface area (Å²) in [6, 6.07) is 9.92. The minimum absolute atomic E-state index is 0.0246. The highest BCUT2D eigenvalue weighted by atomic mass is 16.5. The topological polar surface area (TPSA) is 61.8 Å². The molecule has 3 rings (SSSR count). The van der Waals surface area contributed by atoms with Gasteiger partial charge in [0, 0.05) is 19.8 Å². The third-order valence-corrected chi connectivity index (χ3v) is 5.42. The van der Waals surface area contributed by atoms with Gasteiger partial charge in [-0.15, -0.1) is 0 Å². The van der Waals surface area contributed by atoms with Crippen LogP contribution in [0.3, 0.4) is 0 Å². The maximum absolute atomic E-state index is 12.9. The first-order chi connectivity index (χ1) is 11.9. The minimum atomic E-state index is -0.880. The number of likely N-dealkylation sites (tertiary alicyclic amines) is 1. The van der Waals surface area contributed by atoms with Gasteiger partial charge in [0.2, 0.25) is 0 Å². The quantitative estimate of drug-likeness (QED) is 0.861. The number of amides is 2. The van der Waals surface area contributed by atoms with Gasteiger partial charge in [-0.1, -0.05) is 30.3 Å². The number of rotatable bonds is 5. The predicted molar refractivity (Wildman–Crippen MR) is 97.3 cm³/mol. The third-order valence-electron chi connectivity index (χ3n) is 5.42. The van der Waals surface area contributed by atoms with Crippen molar-refractivity contribution >= 4 is 6.03 Å². The summed E-state index contributed by atoms with van der Waals surface area (Å²) in [6.07, 6.45) is 3.73. The molecule has 2 aliphatic rings. The second-order valence-electron chi connectivity index (χ2n) is 7.88. The Balaban J connectivity index is 1.71. The van der Waals surface area contributed by atoms with Crippen LogP contribution < -0.4 is 5.32 Å². The number of nitrogens with zero attached hydrogens (tertiary/aromatic N) is 1. The lowest BCUT2D eigenvalue weighted by Gasteiger charge is -2.35. The maximum Gasteiger partial charge on any atom is 0.318 e. The van der Waals surface area contributed by atoms with Crippen molar-refractivity contribution in [2.24, 2.45) is 5.92 Å². The van der Waals surface area contributed by atoms with E-state index in [2.05, 4.69) is 17.4 Å². The van der Waals surface area contributed by atoms with Crippen LogP contribution in [-0.4, -0.2) is 47.4 Å². The third kappa shape index (κ3) is 4.53. The average molecular weight is 346 g/mol. The first-order valence-corrected chi connectivity index (χ1v) is 9.37. The van der Waals surface area contributed by atoms with E-state index >= 15 is 0 Å². The molecule has 2 amide bonds. The lowest BCUT2D eigenvalue weighted by Crippen LogP contribution is -2.52. The number of ether oxygens (including phenoxy) is 1. The summed E-state index contributed by atoms with van der Waals surface area (Å²) < 4.78 is 5.50. The van der Waals surface area contributed by atoms with Gasteiger partial charge in [0.1, 0.15) is 0 Å². The molecule has 0 saturated carbocycles. The SMILES string of the molecule is CC(C)(O)[C@@H]1CCCN1C(=O)N[C@@H](C[C@@H]1CCOC1)c1ccccc1. The summed E-state index contributed by atoms with van der Waals surface area (Å²) in [6.45, 7) is 5.86. The van der Waals surface area contributed by atoms with Crippen molar-refractivity contribution in [2.75, 3.05) is 19.8 Å². The zero-order valence-corrected chi connectivity index (χ0v) is 15.3. The van der Waals surface area contributed by atoms with Crippen molar-refractivity contribution in [2.45, 2.75) is 57.2 Å². The highest BCUT2D eigenvalue weighted by Gasteiger charge is 2.39. The van der Waals surface area contributed by atoms with Gasteiger partial charge >= 0.3 is 6.03 Å². The monoisotopic (exact) mass is 346 g/mol. The molecule has 2 fully saturated rings. The van der Waals surface area contributed by atoms with Crippen LogP contribution in [0.1, 0.15) is 51.1 Å². The zero-order chi connectivity index (χ0) is 17.9. The lowest BCUT2D eigenvalue weighted by molar-refractivity contribution is 0.00933. The van der Waals surface area contributed by atoms with E-state index in [0.717, 1.165) is 44.5 Å². The van der Waals surface area contributed by atoms with Crippen LogP contribution in [0.25, 0.3) is 0 Å². The molecule has 2 saturated heterocycles. The molecule has 5 heteroatoms. The Bertz CT molecular complexity index is 564. The Morgan fingerprint density at radius 3 is 2.76 bits per heavy atom. The largest absolute Gasteiger partial charge is 0.388 e. The van der Waals surface area contributed by atoms with Crippen molar-refractivity contribution in [1.82, 2.24) is 10.2 Å². The fraction of sp³-hybridized carbons (Fsp3) is 0.650. The summed E-state index contributed by atoms with van der Waals surface area (Å²) in [5.74, 6) is 0.481. The molecule has 0 aliphatic carbocycles. The van der Waals surface area contributed by atoms with Crippen LogP contribution in [0.4, 0.5) is 4.79 Å².